The van der Waals surface area contributed by atoms with Gasteiger partial charge in [-0.3, -0.25) is 4.79 Å². The number of hydrogen-bond acceptors (Lipinski definition) is 5. The van der Waals surface area contributed by atoms with Crippen LogP contribution < -0.4 is 19.7 Å². The number of hydrogen-bond donors (Lipinski definition) is 1. The van der Waals surface area contributed by atoms with Crippen molar-refractivity contribution in [3.8, 4) is 11.5 Å². The van der Waals surface area contributed by atoms with E-state index in [-0.39, 0.29) is 24.4 Å². The summed E-state index contributed by atoms with van der Waals surface area (Å²) in [6.45, 7) is -0.0384. The minimum absolute atomic E-state index is 0.157. The van der Waals surface area contributed by atoms with Gasteiger partial charge in [-0.15, -0.1) is 0 Å². The molecule has 1 heterocycles. The van der Waals surface area contributed by atoms with Crippen molar-refractivity contribution in [1.29, 1.82) is 0 Å². The number of pyridine rings is 1. The Kier molecular flexibility index (Phi) is 4.84. The predicted octanol–water partition coefficient (Wildman–Crippen LogP) is 0.987. The van der Waals surface area contributed by atoms with Crippen LogP contribution in [0.1, 0.15) is 11.3 Å². The average Bonchev–Trinajstić information content (AvgIpc) is 2.53. The summed E-state index contributed by atoms with van der Waals surface area (Å²) in [6.07, 6.45) is 1.41. The normalized spacial score (nSPS) is 10.2. The fourth-order valence-corrected chi connectivity index (χ4v) is 1.82. The second-order valence-corrected chi connectivity index (χ2v) is 4.30. The summed E-state index contributed by atoms with van der Waals surface area (Å²) in [5.41, 5.74) is 0.963. The minimum Gasteiger partial charge on any atom is -0.497 e. The first kappa shape index (κ1) is 14.9. The predicted molar refractivity (Wildman–Crippen MR) is 76.5 cm³/mol. The van der Waals surface area contributed by atoms with Crippen molar-refractivity contribution >= 4 is 0 Å². The molecule has 0 fully saturated rings. The Labute approximate surface area is 122 Å². The maximum atomic E-state index is 11.9. The number of nitrogens with zero attached hydrogens (tertiary/aromatic N) is 1. The highest BCUT2D eigenvalue weighted by atomic mass is 16.6. The summed E-state index contributed by atoms with van der Waals surface area (Å²) in [5, 5.41) is 9.13. The summed E-state index contributed by atoms with van der Waals surface area (Å²) in [4.78, 5) is 16.9. The van der Waals surface area contributed by atoms with Gasteiger partial charge < -0.3 is 19.4 Å². The van der Waals surface area contributed by atoms with Gasteiger partial charge in [0, 0.05) is 6.07 Å². The Morgan fingerprint density at radius 2 is 1.90 bits per heavy atom. The molecule has 0 spiro atoms. The van der Waals surface area contributed by atoms with E-state index in [4.69, 9.17) is 19.4 Å². The van der Waals surface area contributed by atoms with Crippen LogP contribution in [0.2, 0.25) is 0 Å². The lowest BCUT2D eigenvalue weighted by atomic mass is 10.2. The van der Waals surface area contributed by atoms with Gasteiger partial charge in [-0.25, -0.2) is 0 Å². The Bertz CT molecular complexity index is 648. The molecule has 0 radical (unpaired) electrons. The second kappa shape index (κ2) is 6.81. The number of aliphatic hydroxyl groups excluding tert-OH is 1. The van der Waals surface area contributed by atoms with Gasteiger partial charge in [-0.2, -0.15) is 4.73 Å². The molecule has 0 atom stereocenters. The molecule has 1 N–H and O–H groups in total. The van der Waals surface area contributed by atoms with Crippen LogP contribution in [0.15, 0.2) is 41.3 Å². The van der Waals surface area contributed by atoms with Crippen LogP contribution in [0, 0.1) is 0 Å². The van der Waals surface area contributed by atoms with Gasteiger partial charge >= 0.3 is 0 Å². The molecule has 1 aromatic carbocycles. The fourth-order valence-electron chi connectivity index (χ4n) is 1.82. The van der Waals surface area contributed by atoms with Gasteiger partial charge in [-0.05, 0) is 17.7 Å². The number of rotatable bonds is 6. The molecule has 0 unspecified atom stereocenters. The van der Waals surface area contributed by atoms with Crippen molar-refractivity contribution in [3.63, 3.8) is 0 Å². The molecule has 112 valence electrons. The van der Waals surface area contributed by atoms with Crippen molar-refractivity contribution in [2.45, 2.75) is 13.2 Å². The molecule has 0 saturated carbocycles. The Morgan fingerprint density at radius 1 is 1.19 bits per heavy atom. The first-order valence-corrected chi connectivity index (χ1v) is 6.34. The van der Waals surface area contributed by atoms with E-state index < -0.39 is 0 Å². The standard InChI is InChI=1S/C15H17NO5/c1-19-13-5-3-11(4-6-13)10-21-15-8-16(20-2)12(9-17)7-14(15)18/h3-8,17H,9-10H2,1-2H3. The third-order valence-corrected chi connectivity index (χ3v) is 2.97. The number of methoxy groups -OCH3 is 1. The molecule has 21 heavy (non-hydrogen) atoms. The highest BCUT2D eigenvalue weighted by Gasteiger charge is 2.08. The average molecular weight is 291 g/mol. The fraction of sp³-hybridized carbons (Fsp3) is 0.267. The molecule has 0 amide bonds. The van der Waals surface area contributed by atoms with E-state index >= 15 is 0 Å². The van der Waals surface area contributed by atoms with Gasteiger partial charge in [-0.1, -0.05) is 12.1 Å². The monoisotopic (exact) mass is 291 g/mol. The molecule has 0 aliphatic heterocycles. The lowest BCUT2D eigenvalue weighted by Crippen LogP contribution is -2.18. The van der Waals surface area contributed by atoms with Crippen molar-refractivity contribution in [2.24, 2.45) is 0 Å². The molecule has 0 aliphatic carbocycles. The van der Waals surface area contributed by atoms with E-state index in [0.717, 1.165) is 11.3 Å². The lowest BCUT2D eigenvalue weighted by Gasteiger charge is -2.12. The van der Waals surface area contributed by atoms with Crippen LogP contribution in [0.4, 0.5) is 0 Å². The highest BCUT2D eigenvalue weighted by molar-refractivity contribution is 5.27. The van der Waals surface area contributed by atoms with E-state index in [1.165, 1.54) is 24.1 Å². The molecular weight excluding hydrogens is 274 g/mol. The van der Waals surface area contributed by atoms with Crippen LogP contribution in [-0.2, 0) is 13.2 Å². The SMILES string of the molecule is COc1ccc(COc2cn(OC)c(CO)cc2=O)cc1. The van der Waals surface area contributed by atoms with Crippen molar-refractivity contribution < 1.29 is 19.4 Å². The Morgan fingerprint density at radius 3 is 2.48 bits per heavy atom. The third-order valence-electron chi connectivity index (χ3n) is 2.97. The molecule has 2 aromatic rings. The van der Waals surface area contributed by atoms with Gasteiger partial charge in [0.15, 0.2) is 5.75 Å². The van der Waals surface area contributed by atoms with E-state index in [1.54, 1.807) is 7.11 Å². The first-order chi connectivity index (χ1) is 10.2. The van der Waals surface area contributed by atoms with E-state index in [0.29, 0.717) is 5.69 Å². The zero-order valence-electron chi connectivity index (χ0n) is 11.9. The van der Waals surface area contributed by atoms with E-state index in [9.17, 15) is 4.79 Å². The van der Waals surface area contributed by atoms with Gasteiger partial charge in [0.2, 0.25) is 5.43 Å². The number of benzene rings is 1. The number of aromatic nitrogens is 1. The minimum atomic E-state index is -0.305. The zero-order chi connectivity index (χ0) is 15.2. The highest BCUT2D eigenvalue weighted by Crippen LogP contribution is 2.13. The van der Waals surface area contributed by atoms with Gasteiger partial charge in [0.1, 0.15) is 19.5 Å². The topological polar surface area (TPSA) is 69.9 Å². The van der Waals surface area contributed by atoms with Crippen molar-refractivity contribution in [2.75, 3.05) is 14.2 Å². The second-order valence-electron chi connectivity index (χ2n) is 4.30. The zero-order valence-corrected chi connectivity index (χ0v) is 11.9. The molecule has 2 rings (SSSR count). The largest absolute Gasteiger partial charge is 0.497 e. The summed E-state index contributed by atoms with van der Waals surface area (Å²) in [5.74, 6) is 0.914. The van der Waals surface area contributed by atoms with Crippen LogP contribution in [0.25, 0.3) is 0 Å². The molecule has 0 saturated heterocycles. The van der Waals surface area contributed by atoms with E-state index in [1.807, 2.05) is 24.3 Å². The Balaban J connectivity index is 2.13. The van der Waals surface area contributed by atoms with E-state index in [2.05, 4.69) is 0 Å². The summed E-state index contributed by atoms with van der Waals surface area (Å²) in [6, 6.07) is 8.64. The quantitative estimate of drug-likeness (QED) is 0.859. The maximum absolute atomic E-state index is 11.9. The van der Waals surface area contributed by atoms with Crippen LogP contribution in [0.5, 0.6) is 11.5 Å². The molecule has 6 nitrogen and oxygen atoms in total. The first-order valence-electron chi connectivity index (χ1n) is 6.34. The summed E-state index contributed by atoms with van der Waals surface area (Å²) in [7, 11) is 3.04. The van der Waals surface area contributed by atoms with Crippen LogP contribution >= 0.6 is 0 Å². The third kappa shape index (κ3) is 3.55. The Hall–Kier alpha value is -2.47. The summed E-state index contributed by atoms with van der Waals surface area (Å²) >= 11 is 0. The van der Waals surface area contributed by atoms with Gasteiger partial charge in [0.05, 0.1) is 25.6 Å². The number of ether oxygens (including phenoxy) is 2. The smallest absolute Gasteiger partial charge is 0.224 e. The lowest BCUT2D eigenvalue weighted by molar-refractivity contribution is 0.134. The molecule has 1 aromatic heterocycles. The number of aliphatic hydroxyl groups is 1. The van der Waals surface area contributed by atoms with Crippen LogP contribution in [-0.4, -0.2) is 24.1 Å². The molecular formula is C15H17NO5. The summed E-state index contributed by atoms with van der Waals surface area (Å²) < 4.78 is 11.9. The van der Waals surface area contributed by atoms with Gasteiger partial charge in [0.25, 0.3) is 0 Å². The molecule has 6 heteroatoms. The van der Waals surface area contributed by atoms with Crippen LogP contribution in [0.3, 0.4) is 0 Å². The van der Waals surface area contributed by atoms with Crippen molar-refractivity contribution in [1.82, 2.24) is 4.73 Å². The molecule has 0 aliphatic rings. The van der Waals surface area contributed by atoms with Crippen molar-refractivity contribution in [3.05, 3.63) is 58.0 Å². The molecule has 0 bridgehead atoms. The maximum Gasteiger partial charge on any atom is 0.224 e.